The number of hydrogen-bond acceptors (Lipinski definition) is 2. The van der Waals surface area contributed by atoms with Crippen molar-refractivity contribution in [1.29, 1.82) is 0 Å². The third-order valence-corrected chi connectivity index (χ3v) is 4.55. The van der Waals surface area contributed by atoms with Crippen molar-refractivity contribution < 1.29 is 4.74 Å². The van der Waals surface area contributed by atoms with E-state index < -0.39 is 0 Å². The first-order valence-corrected chi connectivity index (χ1v) is 9.04. The van der Waals surface area contributed by atoms with Crippen molar-refractivity contribution in [3.05, 3.63) is 96.3 Å². The summed E-state index contributed by atoms with van der Waals surface area (Å²) in [5.74, 6) is 0.946. The third-order valence-electron chi connectivity index (χ3n) is 4.55. The van der Waals surface area contributed by atoms with Gasteiger partial charge in [-0.2, -0.15) is 5.10 Å². The van der Waals surface area contributed by atoms with Crippen LogP contribution in [0.1, 0.15) is 17.5 Å². The smallest absolute Gasteiger partial charge is 0.124 e. The molecule has 26 heavy (non-hydrogen) atoms. The molecule has 0 saturated carbocycles. The molecule has 4 aromatic rings. The Labute approximate surface area is 153 Å². The molecule has 130 valence electrons. The molecular formula is C23H22N2O. The monoisotopic (exact) mass is 342 g/mol. The Morgan fingerprint density at radius 3 is 2.58 bits per heavy atom. The summed E-state index contributed by atoms with van der Waals surface area (Å²) in [6.07, 6.45) is 5.78. The Kier molecular flexibility index (Phi) is 4.97. The van der Waals surface area contributed by atoms with Crippen LogP contribution in [-0.4, -0.2) is 16.4 Å². The molecule has 0 radical (unpaired) electrons. The highest BCUT2D eigenvalue weighted by atomic mass is 16.5. The zero-order chi connectivity index (χ0) is 17.6. The molecule has 1 aromatic heterocycles. The summed E-state index contributed by atoms with van der Waals surface area (Å²) in [6, 6.07) is 25.3. The Balaban J connectivity index is 1.34. The molecular weight excluding hydrogens is 320 g/mol. The normalized spacial score (nSPS) is 10.9. The number of hydrogen-bond donors (Lipinski definition) is 0. The van der Waals surface area contributed by atoms with E-state index in [1.54, 1.807) is 6.20 Å². The van der Waals surface area contributed by atoms with Gasteiger partial charge in [0.15, 0.2) is 0 Å². The van der Waals surface area contributed by atoms with Crippen LogP contribution in [0.4, 0.5) is 0 Å². The Bertz CT molecular complexity index is 976. The minimum atomic E-state index is 0.711. The van der Waals surface area contributed by atoms with E-state index >= 15 is 0 Å². The minimum absolute atomic E-state index is 0.711. The fraction of sp³-hybridized carbons (Fsp3) is 0.174. The number of rotatable bonds is 7. The molecule has 0 saturated heterocycles. The van der Waals surface area contributed by atoms with Crippen LogP contribution in [0.25, 0.3) is 10.8 Å². The predicted octanol–water partition coefficient (Wildman–Crippen LogP) is 5.10. The lowest BCUT2D eigenvalue weighted by Crippen LogP contribution is -2.05. The van der Waals surface area contributed by atoms with Gasteiger partial charge < -0.3 is 4.74 Å². The molecule has 0 N–H and O–H groups in total. The van der Waals surface area contributed by atoms with Crippen LogP contribution in [-0.2, 0) is 13.0 Å². The van der Waals surface area contributed by atoms with Crippen molar-refractivity contribution in [2.24, 2.45) is 0 Å². The molecule has 3 heteroatoms. The van der Waals surface area contributed by atoms with Crippen LogP contribution >= 0.6 is 0 Å². The molecule has 4 rings (SSSR count). The topological polar surface area (TPSA) is 27.1 Å². The second-order valence-electron chi connectivity index (χ2n) is 6.44. The zero-order valence-electron chi connectivity index (χ0n) is 14.7. The first-order chi connectivity index (χ1) is 12.9. The average molecular weight is 342 g/mol. The van der Waals surface area contributed by atoms with Gasteiger partial charge in [0.05, 0.1) is 13.2 Å². The molecule has 0 aliphatic heterocycles. The second kappa shape index (κ2) is 7.87. The fourth-order valence-corrected chi connectivity index (χ4v) is 3.20. The van der Waals surface area contributed by atoms with Gasteiger partial charge in [0.25, 0.3) is 0 Å². The van der Waals surface area contributed by atoms with Crippen LogP contribution < -0.4 is 4.74 Å². The SMILES string of the molecule is c1ccc(OCCCc2ccc3ccccc3c2)c(Cn2cccn2)c1. The van der Waals surface area contributed by atoms with Crippen LogP contribution in [0.5, 0.6) is 5.75 Å². The van der Waals surface area contributed by atoms with Gasteiger partial charge in [-0.15, -0.1) is 0 Å². The van der Waals surface area contributed by atoms with Crippen molar-refractivity contribution in [2.75, 3.05) is 6.61 Å². The van der Waals surface area contributed by atoms with Gasteiger partial charge >= 0.3 is 0 Å². The molecule has 0 fully saturated rings. The van der Waals surface area contributed by atoms with Gasteiger partial charge in [0.1, 0.15) is 5.75 Å². The molecule has 3 aromatic carbocycles. The molecule has 0 amide bonds. The Morgan fingerprint density at radius 2 is 1.69 bits per heavy atom. The summed E-state index contributed by atoms with van der Waals surface area (Å²) in [6.45, 7) is 1.44. The van der Waals surface area contributed by atoms with Crippen LogP contribution in [0.2, 0.25) is 0 Å². The number of para-hydroxylation sites is 1. The van der Waals surface area contributed by atoms with Gasteiger partial charge in [-0.25, -0.2) is 0 Å². The quantitative estimate of drug-likeness (QED) is 0.437. The minimum Gasteiger partial charge on any atom is -0.493 e. The van der Waals surface area contributed by atoms with E-state index in [9.17, 15) is 0 Å². The van der Waals surface area contributed by atoms with Gasteiger partial charge in [0, 0.05) is 18.0 Å². The Morgan fingerprint density at radius 1 is 0.846 bits per heavy atom. The maximum absolute atomic E-state index is 6.05. The lowest BCUT2D eigenvalue weighted by atomic mass is 10.0. The summed E-state index contributed by atoms with van der Waals surface area (Å²) in [5, 5.41) is 6.87. The molecule has 0 spiro atoms. The maximum Gasteiger partial charge on any atom is 0.124 e. The summed E-state index contributed by atoms with van der Waals surface area (Å²) < 4.78 is 7.97. The van der Waals surface area contributed by atoms with Crippen LogP contribution in [0.3, 0.4) is 0 Å². The zero-order valence-corrected chi connectivity index (χ0v) is 14.7. The molecule has 3 nitrogen and oxygen atoms in total. The number of nitrogens with zero attached hydrogens (tertiary/aromatic N) is 2. The van der Waals surface area contributed by atoms with Gasteiger partial charge in [-0.05, 0) is 41.3 Å². The third kappa shape index (κ3) is 3.94. The first kappa shape index (κ1) is 16.4. The van der Waals surface area contributed by atoms with Crippen molar-refractivity contribution in [3.63, 3.8) is 0 Å². The largest absolute Gasteiger partial charge is 0.493 e. The van der Waals surface area contributed by atoms with E-state index in [0.29, 0.717) is 6.61 Å². The fourth-order valence-electron chi connectivity index (χ4n) is 3.20. The second-order valence-corrected chi connectivity index (χ2v) is 6.44. The molecule has 0 bridgehead atoms. The number of fused-ring (bicyclic) bond motifs is 1. The number of aryl methyl sites for hydroxylation is 1. The van der Waals surface area contributed by atoms with Crippen molar-refractivity contribution in [2.45, 2.75) is 19.4 Å². The lowest BCUT2D eigenvalue weighted by molar-refractivity contribution is 0.307. The van der Waals surface area contributed by atoms with Gasteiger partial charge in [0.2, 0.25) is 0 Å². The Hall–Kier alpha value is -3.07. The maximum atomic E-state index is 6.05. The van der Waals surface area contributed by atoms with E-state index in [1.165, 1.54) is 16.3 Å². The average Bonchev–Trinajstić information content (AvgIpc) is 3.19. The van der Waals surface area contributed by atoms with Crippen LogP contribution in [0.15, 0.2) is 85.2 Å². The van der Waals surface area contributed by atoms with Gasteiger partial charge in [-0.1, -0.05) is 60.7 Å². The number of ether oxygens (including phenoxy) is 1. The highest BCUT2D eigenvalue weighted by molar-refractivity contribution is 5.82. The summed E-state index contributed by atoms with van der Waals surface area (Å²) >= 11 is 0. The van der Waals surface area contributed by atoms with Crippen molar-refractivity contribution in [1.82, 2.24) is 9.78 Å². The van der Waals surface area contributed by atoms with E-state index in [2.05, 4.69) is 53.6 Å². The molecule has 1 heterocycles. The summed E-state index contributed by atoms with van der Waals surface area (Å²) in [7, 11) is 0. The molecule has 0 aliphatic carbocycles. The van der Waals surface area contributed by atoms with E-state index in [-0.39, 0.29) is 0 Å². The van der Waals surface area contributed by atoms with Crippen molar-refractivity contribution in [3.8, 4) is 5.75 Å². The predicted molar refractivity (Wildman–Crippen MR) is 106 cm³/mol. The number of aromatic nitrogens is 2. The van der Waals surface area contributed by atoms with E-state index in [4.69, 9.17) is 4.74 Å². The summed E-state index contributed by atoms with van der Waals surface area (Å²) in [4.78, 5) is 0. The highest BCUT2D eigenvalue weighted by Crippen LogP contribution is 2.20. The van der Waals surface area contributed by atoms with Crippen LogP contribution in [0, 0.1) is 0 Å². The van der Waals surface area contributed by atoms with Crippen molar-refractivity contribution >= 4 is 10.8 Å². The van der Waals surface area contributed by atoms with E-state index in [1.807, 2.05) is 35.1 Å². The summed E-state index contributed by atoms with van der Waals surface area (Å²) in [5.41, 5.74) is 2.51. The first-order valence-electron chi connectivity index (χ1n) is 9.04. The number of benzene rings is 3. The molecule has 0 atom stereocenters. The van der Waals surface area contributed by atoms with Gasteiger partial charge in [-0.3, -0.25) is 4.68 Å². The highest BCUT2D eigenvalue weighted by Gasteiger charge is 2.04. The van der Waals surface area contributed by atoms with E-state index in [0.717, 1.165) is 30.7 Å². The lowest BCUT2D eigenvalue weighted by Gasteiger charge is -2.12. The molecule has 0 unspecified atom stereocenters. The standard InChI is InChI=1S/C23H22N2O/c1-2-9-21-17-19(12-13-20(21)8-1)7-5-16-26-23-11-4-3-10-22(23)18-25-15-6-14-24-25/h1-4,6,8-15,17H,5,7,16,18H2. The molecule has 0 aliphatic rings.